The van der Waals surface area contributed by atoms with Crippen molar-refractivity contribution in [3.8, 4) is 0 Å². The van der Waals surface area contributed by atoms with Crippen LogP contribution < -0.4 is 0 Å². The van der Waals surface area contributed by atoms with Gasteiger partial charge in [0.05, 0.1) is 13.2 Å². The first-order valence-electron chi connectivity index (χ1n) is 14.0. The molecular weight excluding hydrogens is 460 g/mol. The molecule has 0 amide bonds. The molecule has 0 aromatic rings. The van der Waals surface area contributed by atoms with Crippen molar-refractivity contribution >= 4 is 17.9 Å². The van der Waals surface area contributed by atoms with E-state index in [1.54, 1.807) is 0 Å². The van der Waals surface area contributed by atoms with Crippen molar-refractivity contribution < 1.29 is 33.7 Å². The van der Waals surface area contributed by atoms with Crippen LogP contribution in [-0.2, 0) is 28.6 Å². The third-order valence-electron chi connectivity index (χ3n) is 11.2. The first-order chi connectivity index (χ1) is 16.9. The summed E-state index contributed by atoms with van der Waals surface area (Å²) in [6.45, 7) is 9.78. The van der Waals surface area contributed by atoms with Gasteiger partial charge in [0.1, 0.15) is 12.2 Å². The number of carbonyl (C=O) groups excluding carboxylic acids is 3. The minimum absolute atomic E-state index is 0.0227. The summed E-state index contributed by atoms with van der Waals surface area (Å²) in [5.74, 6) is 0.965. The van der Waals surface area contributed by atoms with Crippen LogP contribution in [0, 0.1) is 46.3 Å². The Morgan fingerprint density at radius 2 is 1.67 bits per heavy atom. The lowest BCUT2D eigenvalue weighted by Gasteiger charge is -2.64. The quantitative estimate of drug-likeness (QED) is 0.412. The largest absolute Gasteiger partial charge is 0.469 e. The van der Waals surface area contributed by atoms with Crippen LogP contribution in [-0.4, -0.2) is 48.4 Å². The Morgan fingerprint density at radius 3 is 2.31 bits per heavy atom. The minimum Gasteiger partial charge on any atom is -0.469 e. The van der Waals surface area contributed by atoms with Crippen molar-refractivity contribution in [2.24, 2.45) is 46.3 Å². The summed E-state index contributed by atoms with van der Waals surface area (Å²) < 4.78 is 16.5. The van der Waals surface area contributed by atoms with Gasteiger partial charge in [0.25, 0.3) is 0 Å². The topological polar surface area (TPSA) is 99.1 Å². The summed E-state index contributed by atoms with van der Waals surface area (Å²) in [6.07, 6.45) is 6.59. The Bertz CT molecular complexity index is 857. The van der Waals surface area contributed by atoms with Crippen molar-refractivity contribution in [1.29, 1.82) is 0 Å². The van der Waals surface area contributed by atoms with Gasteiger partial charge in [-0.2, -0.15) is 0 Å². The second-order valence-electron chi connectivity index (χ2n) is 12.8. The van der Waals surface area contributed by atoms with Gasteiger partial charge in [0.2, 0.25) is 0 Å². The summed E-state index contributed by atoms with van der Waals surface area (Å²) in [5, 5.41) is 11.8. The Hall–Kier alpha value is -1.63. The fourth-order valence-corrected chi connectivity index (χ4v) is 9.42. The molecule has 4 rings (SSSR count). The molecule has 1 unspecified atom stereocenters. The molecule has 36 heavy (non-hydrogen) atoms. The summed E-state index contributed by atoms with van der Waals surface area (Å²) in [4.78, 5) is 35.7. The van der Waals surface area contributed by atoms with Crippen LogP contribution >= 0.6 is 0 Å². The molecule has 7 nitrogen and oxygen atoms in total. The lowest BCUT2D eigenvalue weighted by Crippen LogP contribution is -2.63. The van der Waals surface area contributed by atoms with Crippen LogP contribution in [0.3, 0.4) is 0 Å². The number of ether oxygens (including phenoxy) is 3. The van der Waals surface area contributed by atoms with E-state index in [1.165, 1.54) is 21.0 Å². The molecule has 0 aromatic carbocycles. The van der Waals surface area contributed by atoms with Gasteiger partial charge < -0.3 is 19.3 Å². The van der Waals surface area contributed by atoms with Crippen molar-refractivity contribution in [1.82, 2.24) is 0 Å². The maximum absolute atomic E-state index is 12.2. The van der Waals surface area contributed by atoms with E-state index in [-0.39, 0.29) is 64.6 Å². The van der Waals surface area contributed by atoms with E-state index >= 15 is 0 Å². The molecule has 4 saturated carbocycles. The number of methoxy groups -OCH3 is 1. The van der Waals surface area contributed by atoms with Crippen molar-refractivity contribution in [2.75, 3.05) is 7.11 Å². The first kappa shape index (κ1) is 27.4. The van der Waals surface area contributed by atoms with Crippen LogP contribution in [0.2, 0.25) is 0 Å². The molecule has 0 radical (unpaired) electrons. The van der Waals surface area contributed by atoms with Gasteiger partial charge >= 0.3 is 17.9 Å². The van der Waals surface area contributed by atoms with Gasteiger partial charge in [-0.25, -0.2) is 0 Å². The molecule has 4 aliphatic carbocycles. The normalized spacial score (nSPS) is 44.4. The van der Waals surface area contributed by atoms with E-state index in [4.69, 9.17) is 14.2 Å². The van der Waals surface area contributed by atoms with Gasteiger partial charge in [-0.05, 0) is 91.8 Å². The zero-order chi connectivity index (χ0) is 26.4. The molecule has 7 heteroatoms. The highest BCUT2D eigenvalue weighted by Crippen LogP contribution is 2.68. The second-order valence-corrected chi connectivity index (χ2v) is 12.8. The number of aliphatic hydroxyl groups is 1. The van der Waals surface area contributed by atoms with Gasteiger partial charge in [0.15, 0.2) is 0 Å². The molecule has 0 spiro atoms. The predicted octanol–water partition coefficient (Wildman–Crippen LogP) is 4.68. The van der Waals surface area contributed by atoms with E-state index in [1.807, 2.05) is 0 Å². The summed E-state index contributed by atoms with van der Waals surface area (Å²) in [6, 6.07) is 0. The fraction of sp³-hybridized carbons (Fsp3) is 0.897. The number of hydrogen-bond acceptors (Lipinski definition) is 7. The lowest BCUT2D eigenvalue weighted by molar-refractivity contribution is -0.218. The van der Waals surface area contributed by atoms with Gasteiger partial charge in [-0.1, -0.05) is 20.8 Å². The van der Waals surface area contributed by atoms with E-state index in [9.17, 15) is 19.5 Å². The van der Waals surface area contributed by atoms with Crippen molar-refractivity contribution in [2.45, 2.75) is 111 Å². The monoisotopic (exact) mass is 506 g/mol. The third-order valence-corrected chi connectivity index (χ3v) is 11.2. The molecule has 4 aliphatic rings. The van der Waals surface area contributed by atoms with Crippen LogP contribution in [0.5, 0.6) is 0 Å². The van der Waals surface area contributed by atoms with Gasteiger partial charge in [0, 0.05) is 26.2 Å². The number of aliphatic hydroxyl groups excluding tert-OH is 1. The van der Waals surface area contributed by atoms with Crippen LogP contribution in [0.15, 0.2) is 0 Å². The maximum atomic E-state index is 12.2. The lowest BCUT2D eigenvalue weighted by atomic mass is 9.43. The van der Waals surface area contributed by atoms with E-state index in [0.29, 0.717) is 24.7 Å². The first-order valence-corrected chi connectivity index (χ1v) is 14.0. The number of hydrogen-bond donors (Lipinski definition) is 1. The number of esters is 3. The summed E-state index contributed by atoms with van der Waals surface area (Å²) in [5.41, 5.74) is -0.248. The minimum atomic E-state index is -0.434. The SMILES string of the molecule is COC(=O)CC[C@@H](C)[C@H]1CC[C@H]2[C@@H]3[C@H](OC(C)=O)C[C@@H]4C[C@H](OC(C)=O)CC[C@]4(C)[C@H]3CC(O)[C@]12C. The fourth-order valence-electron chi connectivity index (χ4n) is 9.42. The second kappa shape index (κ2) is 10.3. The Morgan fingerprint density at radius 1 is 0.972 bits per heavy atom. The zero-order valence-corrected chi connectivity index (χ0v) is 23.0. The van der Waals surface area contributed by atoms with Gasteiger partial charge in [-0.15, -0.1) is 0 Å². The molecule has 0 bridgehead atoms. The Labute approximate surface area is 216 Å². The molecule has 0 heterocycles. The molecule has 204 valence electrons. The molecule has 0 saturated heterocycles. The van der Waals surface area contributed by atoms with E-state index in [2.05, 4.69) is 20.8 Å². The number of rotatable bonds is 6. The zero-order valence-electron chi connectivity index (χ0n) is 23.0. The van der Waals surface area contributed by atoms with Crippen LogP contribution in [0.4, 0.5) is 0 Å². The molecule has 4 fully saturated rings. The highest BCUT2D eigenvalue weighted by molar-refractivity contribution is 5.69. The Kier molecular flexibility index (Phi) is 7.81. The van der Waals surface area contributed by atoms with Crippen molar-refractivity contribution in [3.05, 3.63) is 0 Å². The third kappa shape index (κ3) is 4.69. The highest BCUT2D eigenvalue weighted by atomic mass is 16.5. The summed E-state index contributed by atoms with van der Waals surface area (Å²) in [7, 11) is 1.43. The van der Waals surface area contributed by atoms with Crippen LogP contribution in [0.25, 0.3) is 0 Å². The number of fused-ring (bicyclic) bond motifs is 5. The smallest absolute Gasteiger partial charge is 0.305 e. The standard InChI is InChI=1S/C29H46O7/c1-16(7-10-26(33)34-6)21-8-9-22-27-23(15-25(32)29(21,22)5)28(4)12-11-20(35-17(2)30)13-19(28)14-24(27)36-18(3)31/h16,19-25,27,32H,7-15H2,1-6H3/t16-,19+,20-,21-,22+,23+,24-,25?,27+,28+,29-/m1/s1. The van der Waals surface area contributed by atoms with Crippen LogP contribution in [0.1, 0.15) is 92.4 Å². The molecule has 11 atom stereocenters. The average molecular weight is 507 g/mol. The molecule has 0 aromatic heterocycles. The molecule has 1 N–H and O–H groups in total. The van der Waals surface area contributed by atoms with Gasteiger partial charge in [-0.3, -0.25) is 14.4 Å². The predicted molar refractivity (Wildman–Crippen MR) is 134 cm³/mol. The van der Waals surface area contributed by atoms with E-state index in [0.717, 1.165) is 44.9 Å². The average Bonchev–Trinajstić information content (AvgIpc) is 3.16. The number of carbonyl (C=O) groups is 3. The highest BCUT2D eigenvalue weighted by Gasteiger charge is 2.66. The maximum Gasteiger partial charge on any atom is 0.305 e. The Balaban J connectivity index is 1.62. The molecule has 0 aliphatic heterocycles. The van der Waals surface area contributed by atoms with Crippen molar-refractivity contribution in [3.63, 3.8) is 0 Å². The van der Waals surface area contributed by atoms with E-state index < -0.39 is 6.10 Å². The molecular formula is C29H46O7. The summed E-state index contributed by atoms with van der Waals surface area (Å²) >= 11 is 0.